The summed E-state index contributed by atoms with van der Waals surface area (Å²) >= 11 is 3.24. The van der Waals surface area contributed by atoms with Gasteiger partial charge < -0.3 is 15.4 Å². The van der Waals surface area contributed by atoms with E-state index >= 15 is 0 Å². The van der Waals surface area contributed by atoms with Gasteiger partial charge in [0.1, 0.15) is 6.61 Å². The lowest BCUT2D eigenvalue weighted by atomic mass is 10.1. The van der Waals surface area contributed by atoms with Gasteiger partial charge in [-0.25, -0.2) is 4.79 Å². The van der Waals surface area contributed by atoms with Gasteiger partial charge in [0.05, 0.1) is 12.2 Å². The van der Waals surface area contributed by atoms with Crippen LogP contribution >= 0.6 is 15.9 Å². The molecule has 0 amide bonds. The Labute approximate surface area is 100 Å². The van der Waals surface area contributed by atoms with Crippen molar-refractivity contribution in [3.8, 4) is 0 Å². The number of hydrogen-bond donors (Lipinski definition) is 1. The molecule has 0 unspecified atom stereocenters. The second-order valence-electron chi connectivity index (χ2n) is 2.82. The predicted octanol–water partition coefficient (Wildman–Crippen LogP) is 1.00. The first kappa shape index (κ1) is 12.6. The van der Waals surface area contributed by atoms with Crippen molar-refractivity contribution in [1.29, 1.82) is 0 Å². The van der Waals surface area contributed by atoms with E-state index in [9.17, 15) is 4.79 Å². The van der Waals surface area contributed by atoms with Crippen LogP contribution in [-0.4, -0.2) is 34.8 Å². The average molecular weight is 285 g/mol. The highest BCUT2D eigenvalue weighted by Gasteiger charge is 2.24. The number of nitrogens with zero attached hydrogens (tertiary/aromatic N) is 2. The number of hydrogen-bond acceptors (Lipinski definition) is 3. The fourth-order valence-corrected chi connectivity index (χ4v) is 1.30. The van der Waals surface area contributed by atoms with Crippen LogP contribution in [0.3, 0.4) is 0 Å². The molecule has 0 saturated heterocycles. The van der Waals surface area contributed by atoms with Crippen molar-refractivity contribution >= 4 is 27.6 Å². The Morgan fingerprint density at radius 3 is 2.56 bits per heavy atom. The van der Waals surface area contributed by atoms with E-state index < -0.39 is 5.97 Å². The molecule has 0 aromatic heterocycles. The summed E-state index contributed by atoms with van der Waals surface area (Å²) in [5, 5.41) is 8.49. The van der Waals surface area contributed by atoms with Crippen molar-refractivity contribution in [3.63, 3.8) is 0 Å². The zero-order valence-corrected chi connectivity index (χ0v) is 9.85. The molecule has 0 aliphatic carbocycles. The van der Waals surface area contributed by atoms with E-state index in [1.807, 2.05) is 0 Å². The molecule has 1 aromatic carbocycles. The lowest BCUT2D eigenvalue weighted by Gasteiger charge is -1.99. The lowest BCUT2D eigenvalue weighted by molar-refractivity contribution is -0.140. The summed E-state index contributed by atoms with van der Waals surface area (Å²) < 4.78 is 5.48. The average Bonchev–Trinajstić information content (AvgIpc) is 2.30. The fourth-order valence-electron chi connectivity index (χ4n) is 1.03. The minimum absolute atomic E-state index is 0.131. The molecule has 1 aromatic rings. The molecule has 16 heavy (non-hydrogen) atoms. The number of rotatable bonds is 4. The molecule has 0 aliphatic rings. The summed E-state index contributed by atoms with van der Waals surface area (Å²) in [6.07, 6.45) is 0. The number of aliphatic hydroxyl groups is 1. The minimum Gasteiger partial charge on any atom is -0.454 e. The molecule has 0 fully saturated rings. The van der Waals surface area contributed by atoms with Gasteiger partial charge in [0.2, 0.25) is 0 Å². The van der Waals surface area contributed by atoms with Gasteiger partial charge >= 0.3 is 11.7 Å². The van der Waals surface area contributed by atoms with E-state index in [-0.39, 0.29) is 18.9 Å². The Bertz CT molecular complexity index is 424. The van der Waals surface area contributed by atoms with Crippen LogP contribution in [0.5, 0.6) is 0 Å². The second kappa shape index (κ2) is 6.17. The first-order valence-corrected chi connectivity index (χ1v) is 5.24. The Morgan fingerprint density at radius 2 is 2.06 bits per heavy atom. The van der Waals surface area contributed by atoms with Crippen LogP contribution in [0.25, 0.3) is 5.53 Å². The molecule has 1 rings (SSSR count). The van der Waals surface area contributed by atoms with Gasteiger partial charge in [0.15, 0.2) is 0 Å². The Kier molecular flexibility index (Phi) is 4.85. The molecule has 0 heterocycles. The molecule has 0 saturated carbocycles. The Balaban J connectivity index is 2.87. The van der Waals surface area contributed by atoms with Crippen molar-refractivity contribution in [1.82, 2.24) is 0 Å². The van der Waals surface area contributed by atoms with Crippen molar-refractivity contribution in [2.24, 2.45) is 0 Å². The maximum absolute atomic E-state index is 11.4. The lowest BCUT2D eigenvalue weighted by Crippen LogP contribution is -2.21. The first-order chi connectivity index (χ1) is 7.69. The summed E-state index contributed by atoms with van der Waals surface area (Å²) in [5.41, 5.74) is 8.98. The minimum atomic E-state index is -0.779. The molecule has 0 atom stereocenters. The number of benzene rings is 1. The summed E-state index contributed by atoms with van der Waals surface area (Å²) in [4.78, 5) is 14.3. The maximum atomic E-state index is 11.4. The van der Waals surface area contributed by atoms with Gasteiger partial charge in [-0.05, 0) is 24.3 Å². The van der Waals surface area contributed by atoms with Crippen LogP contribution < -0.4 is 0 Å². The number of esters is 1. The van der Waals surface area contributed by atoms with Crippen LogP contribution in [-0.2, 0) is 9.53 Å². The van der Waals surface area contributed by atoms with Crippen LogP contribution in [0.4, 0.5) is 0 Å². The summed E-state index contributed by atoms with van der Waals surface area (Å²) in [6.45, 7) is -0.404. The number of aliphatic hydroxyl groups excluding tert-OH is 1. The summed E-state index contributed by atoms with van der Waals surface area (Å²) in [7, 11) is 0. The normalized spacial score (nSPS) is 9.38. The van der Waals surface area contributed by atoms with E-state index in [2.05, 4.69) is 25.5 Å². The Hall–Kier alpha value is -1.49. The predicted molar refractivity (Wildman–Crippen MR) is 59.9 cm³/mol. The number of carbonyl (C=O) groups is 1. The fraction of sp³-hybridized carbons (Fsp3) is 0.200. The molecule has 1 N–H and O–H groups in total. The highest BCUT2D eigenvalue weighted by Crippen LogP contribution is 2.11. The van der Waals surface area contributed by atoms with Crippen molar-refractivity contribution < 1.29 is 19.4 Å². The molecule has 0 spiro atoms. The molecule has 0 radical (unpaired) electrons. The topological polar surface area (TPSA) is 82.9 Å². The third kappa shape index (κ3) is 3.27. The van der Waals surface area contributed by atoms with Crippen molar-refractivity contribution in [3.05, 3.63) is 39.8 Å². The van der Waals surface area contributed by atoms with Gasteiger partial charge in [-0.15, -0.1) is 0 Å². The van der Waals surface area contributed by atoms with Gasteiger partial charge in [-0.3, -0.25) is 0 Å². The van der Waals surface area contributed by atoms with Crippen LogP contribution in [0.1, 0.15) is 5.56 Å². The van der Waals surface area contributed by atoms with Gasteiger partial charge in [0, 0.05) is 4.47 Å². The SMILES string of the molecule is [N-]=[N+]=C(C(=O)OCCO)c1ccc(Br)cc1. The zero-order valence-electron chi connectivity index (χ0n) is 8.26. The van der Waals surface area contributed by atoms with Gasteiger partial charge in [-0.2, -0.15) is 4.79 Å². The number of halogens is 1. The van der Waals surface area contributed by atoms with Crippen LogP contribution in [0.15, 0.2) is 28.7 Å². The molecule has 0 aliphatic heterocycles. The van der Waals surface area contributed by atoms with Crippen molar-refractivity contribution in [2.75, 3.05) is 13.2 Å². The highest BCUT2D eigenvalue weighted by molar-refractivity contribution is 9.10. The quantitative estimate of drug-likeness (QED) is 0.388. The molecule has 5 nitrogen and oxygen atoms in total. The number of carbonyl (C=O) groups excluding carboxylic acids is 1. The second-order valence-corrected chi connectivity index (χ2v) is 3.73. The molecule has 6 heteroatoms. The van der Waals surface area contributed by atoms with Gasteiger partial charge in [0.25, 0.3) is 0 Å². The molecular weight excluding hydrogens is 276 g/mol. The largest absolute Gasteiger partial charge is 0.454 e. The van der Waals surface area contributed by atoms with E-state index in [1.54, 1.807) is 24.3 Å². The first-order valence-electron chi connectivity index (χ1n) is 4.45. The van der Waals surface area contributed by atoms with Crippen LogP contribution in [0.2, 0.25) is 0 Å². The smallest absolute Gasteiger partial charge is 0.422 e. The van der Waals surface area contributed by atoms with E-state index in [1.165, 1.54) is 0 Å². The molecule has 84 valence electrons. The third-order valence-corrected chi connectivity index (χ3v) is 2.26. The summed E-state index contributed by atoms with van der Waals surface area (Å²) in [6, 6.07) is 6.64. The van der Waals surface area contributed by atoms with E-state index in [0.29, 0.717) is 5.56 Å². The monoisotopic (exact) mass is 284 g/mol. The summed E-state index contributed by atoms with van der Waals surface area (Å²) in [5.74, 6) is -0.779. The van der Waals surface area contributed by atoms with Crippen LogP contribution in [0, 0.1) is 0 Å². The third-order valence-electron chi connectivity index (χ3n) is 1.74. The molecule has 0 bridgehead atoms. The molecular formula is C10H9BrN2O3. The Morgan fingerprint density at radius 1 is 1.44 bits per heavy atom. The van der Waals surface area contributed by atoms with Crippen molar-refractivity contribution in [2.45, 2.75) is 0 Å². The van der Waals surface area contributed by atoms with E-state index in [0.717, 1.165) is 4.47 Å². The highest BCUT2D eigenvalue weighted by atomic mass is 79.9. The maximum Gasteiger partial charge on any atom is 0.422 e. The van der Waals surface area contributed by atoms with Gasteiger partial charge in [-0.1, -0.05) is 15.9 Å². The van der Waals surface area contributed by atoms with E-state index in [4.69, 9.17) is 10.6 Å². The number of ether oxygens (including phenoxy) is 1. The zero-order chi connectivity index (χ0) is 12.0. The standard InChI is InChI=1S/C10H9BrN2O3/c11-8-3-1-7(2-4-8)9(13-12)10(15)16-6-5-14/h1-4,14H,5-6H2.